The van der Waals surface area contributed by atoms with Crippen molar-refractivity contribution in [3.63, 3.8) is 0 Å². The molecule has 0 spiro atoms. The number of anilines is 1. The quantitative estimate of drug-likeness (QED) is 0.806. The number of aryl methyl sites for hydroxylation is 1. The van der Waals surface area contributed by atoms with Crippen LogP contribution in [0.1, 0.15) is 32.3 Å². The number of nitrogens with two attached hydrogens (primary N) is 1. The Morgan fingerprint density at radius 1 is 1.39 bits per heavy atom. The van der Waals surface area contributed by atoms with Crippen molar-refractivity contribution in [2.75, 3.05) is 5.32 Å². The third-order valence-electron chi connectivity index (χ3n) is 2.58. The summed E-state index contributed by atoms with van der Waals surface area (Å²) in [5.74, 6) is -0.260. The number of nitrogens with zero attached hydrogens (tertiary/aromatic N) is 1. The Hall–Kier alpha value is -2.02. The molecule has 18 heavy (non-hydrogen) atoms. The van der Waals surface area contributed by atoms with E-state index in [4.69, 9.17) is 11.0 Å². The van der Waals surface area contributed by atoms with E-state index in [2.05, 4.69) is 11.4 Å². The zero-order valence-corrected chi connectivity index (χ0v) is 10.9. The van der Waals surface area contributed by atoms with E-state index < -0.39 is 5.54 Å². The molecule has 1 amide bonds. The molecule has 1 aromatic carbocycles. The molecule has 0 saturated heterocycles. The van der Waals surface area contributed by atoms with Gasteiger partial charge in [0.15, 0.2) is 0 Å². The van der Waals surface area contributed by atoms with Gasteiger partial charge < -0.3 is 11.1 Å². The molecular weight excluding hydrogens is 226 g/mol. The van der Waals surface area contributed by atoms with E-state index in [0.717, 1.165) is 24.1 Å². The molecule has 0 aliphatic rings. The number of benzene rings is 1. The monoisotopic (exact) mass is 245 g/mol. The first kappa shape index (κ1) is 14.0. The van der Waals surface area contributed by atoms with Gasteiger partial charge in [0.05, 0.1) is 6.07 Å². The standard InChI is InChI=1S/C14H19N3O/c1-14(2,10-15)17-12-8-6-11(7-9-12)4-3-5-13(16)18/h6-9,17H,3-5H2,1-2H3,(H2,16,18). The highest BCUT2D eigenvalue weighted by Gasteiger charge is 2.15. The molecule has 1 aromatic rings. The SMILES string of the molecule is CC(C)(C#N)Nc1ccc(CCCC(N)=O)cc1. The van der Waals surface area contributed by atoms with E-state index in [1.165, 1.54) is 0 Å². The van der Waals surface area contributed by atoms with E-state index >= 15 is 0 Å². The molecule has 0 unspecified atom stereocenters. The first-order chi connectivity index (χ1) is 8.43. The van der Waals surface area contributed by atoms with Crippen LogP contribution in [0.25, 0.3) is 0 Å². The minimum atomic E-state index is -0.576. The van der Waals surface area contributed by atoms with Gasteiger partial charge in [-0.25, -0.2) is 0 Å². The molecule has 0 radical (unpaired) electrons. The topological polar surface area (TPSA) is 78.9 Å². The van der Waals surface area contributed by atoms with Crippen molar-refractivity contribution in [2.45, 2.75) is 38.6 Å². The Kier molecular flexibility index (Phi) is 4.73. The second kappa shape index (κ2) is 6.06. The minimum Gasteiger partial charge on any atom is -0.370 e. The van der Waals surface area contributed by atoms with Gasteiger partial charge in [0.1, 0.15) is 5.54 Å². The summed E-state index contributed by atoms with van der Waals surface area (Å²) in [6, 6.07) is 10.1. The third-order valence-corrected chi connectivity index (χ3v) is 2.58. The zero-order chi connectivity index (χ0) is 13.6. The van der Waals surface area contributed by atoms with Gasteiger partial charge in [-0.05, 0) is 44.4 Å². The predicted octanol–water partition coefficient (Wildman–Crippen LogP) is 2.21. The molecule has 0 aliphatic heterocycles. The van der Waals surface area contributed by atoms with Crippen molar-refractivity contribution < 1.29 is 4.79 Å². The smallest absolute Gasteiger partial charge is 0.217 e. The van der Waals surface area contributed by atoms with Crippen LogP contribution in [0.5, 0.6) is 0 Å². The third kappa shape index (κ3) is 4.88. The van der Waals surface area contributed by atoms with Gasteiger partial charge in [-0.3, -0.25) is 4.79 Å². The Morgan fingerprint density at radius 2 is 2.00 bits per heavy atom. The number of primary amides is 1. The molecule has 0 atom stereocenters. The molecular formula is C14H19N3O. The molecule has 3 N–H and O–H groups in total. The van der Waals surface area contributed by atoms with E-state index in [1.54, 1.807) is 0 Å². The fourth-order valence-electron chi connectivity index (χ4n) is 1.61. The Bertz CT molecular complexity index is 443. The number of amides is 1. The largest absolute Gasteiger partial charge is 0.370 e. The Labute approximate surface area is 108 Å². The summed E-state index contributed by atoms with van der Waals surface area (Å²) in [6.07, 6.45) is 2.03. The molecule has 1 rings (SSSR count). The second-order valence-electron chi connectivity index (χ2n) is 4.88. The average molecular weight is 245 g/mol. The lowest BCUT2D eigenvalue weighted by Gasteiger charge is -2.19. The Balaban J connectivity index is 2.53. The van der Waals surface area contributed by atoms with Crippen LogP contribution in [0.4, 0.5) is 5.69 Å². The molecule has 0 aliphatic carbocycles. The van der Waals surface area contributed by atoms with Gasteiger partial charge in [-0.15, -0.1) is 0 Å². The lowest BCUT2D eigenvalue weighted by Crippen LogP contribution is -2.28. The average Bonchev–Trinajstić information content (AvgIpc) is 2.31. The lowest BCUT2D eigenvalue weighted by molar-refractivity contribution is -0.118. The first-order valence-electron chi connectivity index (χ1n) is 5.99. The second-order valence-corrected chi connectivity index (χ2v) is 4.88. The number of carbonyl (C=O) groups excluding carboxylic acids is 1. The molecule has 0 bridgehead atoms. The van der Waals surface area contributed by atoms with Crippen LogP contribution in [0.15, 0.2) is 24.3 Å². The number of hydrogen-bond donors (Lipinski definition) is 2. The summed E-state index contributed by atoms with van der Waals surface area (Å²) in [7, 11) is 0. The van der Waals surface area contributed by atoms with Crippen molar-refractivity contribution in [1.29, 1.82) is 5.26 Å². The molecule has 0 saturated carbocycles. The van der Waals surface area contributed by atoms with Crippen molar-refractivity contribution >= 4 is 11.6 Å². The van der Waals surface area contributed by atoms with Crippen molar-refractivity contribution in [2.24, 2.45) is 5.73 Å². The molecule has 4 heteroatoms. The number of nitriles is 1. The number of nitrogens with one attached hydrogen (secondary N) is 1. The highest BCUT2D eigenvalue weighted by atomic mass is 16.1. The van der Waals surface area contributed by atoms with Crippen LogP contribution in [0.2, 0.25) is 0 Å². The number of rotatable bonds is 6. The van der Waals surface area contributed by atoms with Gasteiger partial charge in [0.2, 0.25) is 5.91 Å². The maximum absolute atomic E-state index is 10.6. The molecule has 0 heterocycles. The minimum absolute atomic E-state index is 0.260. The van der Waals surface area contributed by atoms with Crippen molar-refractivity contribution in [3.8, 4) is 6.07 Å². The molecule has 0 aromatic heterocycles. The van der Waals surface area contributed by atoms with Crippen LogP contribution < -0.4 is 11.1 Å². The van der Waals surface area contributed by atoms with E-state index in [0.29, 0.717) is 6.42 Å². The summed E-state index contributed by atoms with van der Waals surface area (Å²) in [5.41, 5.74) is 6.59. The summed E-state index contributed by atoms with van der Waals surface area (Å²) in [4.78, 5) is 10.6. The molecule has 0 fully saturated rings. The van der Waals surface area contributed by atoms with E-state index in [9.17, 15) is 4.79 Å². The fourth-order valence-corrected chi connectivity index (χ4v) is 1.61. The van der Waals surface area contributed by atoms with Crippen LogP contribution in [0.3, 0.4) is 0 Å². The predicted molar refractivity (Wildman–Crippen MR) is 71.9 cm³/mol. The van der Waals surface area contributed by atoms with E-state index in [-0.39, 0.29) is 5.91 Å². The highest BCUT2D eigenvalue weighted by molar-refractivity contribution is 5.73. The van der Waals surface area contributed by atoms with Crippen LogP contribution in [-0.4, -0.2) is 11.4 Å². The van der Waals surface area contributed by atoms with Crippen molar-refractivity contribution in [1.82, 2.24) is 0 Å². The summed E-state index contributed by atoms with van der Waals surface area (Å²) >= 11 is 0. The van der Waals surface area contributed by atoms with Gasteiger partial charge in [0.25, 0.3) is 0 Å². The molecule has 4 nitrogen and oxygen atoms in total. The highest BCUT2D eigenvalue weighted by Crippen LogP contribution is 2.16. The van der Waals surface area contributed by atoms with Crippen LogP contribution >= 0.6 is 0 Å². The normalized spacial score (nSPS) is 10.7. The summed E-state index contributed by atoms with van der Waals surface area (Å²) < 4.78 is 0. The number of carbonyl (C=O) groups is 1. The van der Waals surface area contributed by atoms with Gasteiger partial charge in [-0.2, -0.15) is 5.26 Å². The molecule has 96 valence electrons. The van der Waals surface area contributed by atoms with Crippen LogP contribution in [-0.2, 0) is 11.2 Å². The van der Waals surface area contributed by atoms with Gasteiger partial charge in [-0.1, -0.05) is 12.1 Å². The van der Waals surface area contributed by atoms with Crippen molar-refractivity contribution in [3.05, 3.63) is 29.8 Å². The maximum Gasteiger partial charge on any atom is 0.217 e. The number of hydrogen-bond acceptors (Lipinski definition) is 3. The maximum atomic E-state index is 10.6. The fraction of sp³-hybridized carbons (Fsp3) is 0.429. The first-order valence-corrected chi connectivity index (χ1v) is 5.99. The summed E-state index contributed by atoms with van der Waals surface area (Å²) in [5, 5.41) is 12.1. The van der Waals surface area contributed by atoms with Crippen LogP contribution in [0, 0.1) is 11.3 Å². The van der Waals surface area contributed by atoms with Gasteiger partial charge >= 0.3 is 0 Å². The van der Waals surface area contributed by atoms with Gasteiger partial charge in [0, 0.05) is 12.1 Å². The zero-order valence-electron chi connectivity index (χ0n) is 10.9. The summed E-state index contributed by atoms with van der Waals surface area (Å²) in [6.45, 7) is 3.65. The Morgan fingerprint density at radius 3 is 2.50 bits per heavy atom. The lowest BCUT2D eigenvalue weighted by atomic mass is 10.1. The van der Waals surface area contributed by atoms with E-state index in [1.807, 2.05) is 38.1 Å².